The second-order valence-electron chi connectivity index (χ2n) is 4.70. The lowest BCUT2D eigenvalue weighted by molar-refractivity contribution is 1.80. The van der Waals surface area contributed by atoms with Gasteiger partial charge >= 0.3 is 0 Å². The minimum Gasteiger partial charge on any atom is -0.144 e. The van der Waals surface area contributed by atoms with Crippen molar-refractivity contribution < 1.29 is 0 Å². The maximum Gasteiger partial charge on any atom is 0.0369 e. The summed E-state index contributed by atoms with van der Waals surface area (Å²) in [5.74, 6) is 0. The fourth-order valence-corrected chi connectivity index (χ4v) is 5.01. The normalized spacial score (nSPS) is 13.3. The predicted octanol–water partition coefficient (Wildman–Crippen LogP) is 4.68. The van der Waals surface area contributed by atoms with Crippen molar-refractivity contribution in [2.75, 3.05) is 0 Å². The third-order valence-electron chi connectivity index (χ3n) is 3.31. The average molecular weight is 324 g/mol. The van der Waals surface area contributed by atoms with Crippen LogP contribution in [-0.2, 0) is 0 Å². The van der Waals surface area contributed by atoms with Crippen LogP contribution in [0, 0.1) is 0 Å². The Bertz CT molecular complexity index is 891. The molecular weight excluding hydrogens is 312 g/mol. The first kappa shape index (κ1) is 13.0. The molecule has 0 unspecified atom stereocenters. The molecule has 4 aromatic rings. The van der Waals surface area contributed by atoms with E-state index >= 15 is 0 Å². The molecule has 1 aromatic carbocycles. The molecule has 0 saturated heterocycles. The van der Waals surface area contributed by atoms with Crippen molar-refractivity contribution >= 4 is 56.9 Å². The van der Waals surface area contributed by atoms with E-state index < -0.39 is 0 Å². The highest BCUT2D eigenvalue weighted by molar-refractivity contribution is 7.12. The largest absolute Gasteiger partial charge is 0.144 e. The number of thiophene rings is 3. The molecule has 0 saturated carbocycles. The van der Waals surface area contributed by atoms with E-state index in [1.807, 2.05) is 11.3 Å². The van der Waals surface area contributed by atoms with Gasteiger partial charge in [0.2, 0.25) is 0 Å². The third kappa shape index (κ3) is 2.60. The summed E-state index contributed by atoms with van der Waals surface area (Å²) in [5.41, 5.74) is 0. The summed E-state index contributed by atoms with van der Waals surface area (Å²) >= 11 is 5.44. The highest BCUT2D eigenvalue weighted by Gasteiger charge is 2.01. The maximum atomic E-state index is 2.30. The SMILES string of the molecule is C(/c1cccs1)=c1\s/c(=C/c2cccs2)c2ccccc12. The Morgan fingerprint density at radius 3 is 1.57 bits per heavy atom. The quantitative estimate of drug-likeness (QED) is 0.502. The fraction of sp³-hybridized carbons (Fsp3) is 0. The zero-order valence-electron chi connectivity index (χ0n) is 11.2. The van der Waals surface area contributed by atoms with Gasteiger partial charge in [-0.2, -0.15) is 0 Å². The summed E-state index contributed by atoms with van der Waals surface area (Å²) in [6.45, 7) is 0. The molecule has 3 aromatic heterocycles. The smallest absolute Gasteiger partial charge is 0.0369 e. The Morgan fingerprint density at radius 2 is 1.14 bits per heavy atom. The van der Waals surface area contributed by atoms with Crippen LogP contribution in [0.2, 0.25) is 0 Å². The molecule has 0 bridgehead atoms. The van der Waals surface area contributed by atoms with Crippen LogP contribution in [0.3, 0.4) is 0 Å². The highest BCUT2D eigenvalue weighted by atomic mass is 32.1. The second-order valence-corrected chi connectivity index (χ2v) is 7.74. The molecule has 0 aliphatic heterocycles. The van der Waals surface area contributed by atoms with Gasteiger partial charge in [-0.25, -0.2) is 0 Å². The van der Waals surface area contributed by atoms with Crippen LogP contribution in [0.1, 0.15) is 9.75 Å². The number of hydrogen-bond acceptors (Lipinski definition) is 3. The monoisotopic (exact) mass is 324 g/mol. The van der Waals surface area contributed by atoms with Crippen molar-refractivity contribution in [3.05, 3.63) is 78.1 Å². The molecule has 102 valence electrons. The number of rotatable bonds is 2. The van der Waals surface area contributed by atoms with Crippen LogP contribution in [0.25, 0.3) is 22.9 Å². The lowest BCUT2D eigenvalue weighted by Crippen LogP contribution is -1.93. The Kier molecular flexibility index (Phi) is 3.47. The molecule has 3 heteroatoms. The van der Waals surface area contributed by atoms with Crippen molar-refractivity contribution in [3.63, 3.8) is 0 Å². The van der Waals surface area contributed by atoms with E-state index in [0.717, 1.165) is 0 Å². The van der Waals surface area contributed by atoms with E-state index in [1.165, 1.54) is 29.6 Å². The van der Waals surface area contributed by atoms with Gasteiger partial charge in [-0.1, -0.05) is 36.4 Å². The van der Waals surface area contributed by atoms with Crippen LogP contribution in [-0.4, -0.2) is 0 Å². The van der Waals surface area contributed by atoms with Gasteiger partial charge in [0.25, 0.3) is 0 Å². The van der Waals surface area contributed by atoms with Gasteiger partial charge in [0, 0.05) is 29.6 Å². The number of fused-ring (bicyclic) bond motifs is 1. The summed E-state index contributed by atoms with van der Waals surface area (Å²) in [7, 11) is 0. The first-order valence-electron chi connectivity index (χ1n) is 6.68. The van der Waals surface area contributed by atoms with Crippen LogP contribution in [0.4, 0.5) is 0 Å². The Labute approximate surface area is 134 Å². The molecular formula is C18H12S3. The Balaban J connectivity index is 2.02. The van der Waals surface area contributed by atoms with E-state index in [4.69, 9.17) is 0 Å². The highest BCUT2D eigenvalue weighted by Crippen LogP contribution is 2.14. The Morgan fingerprint density at radius 1 is 0.619 bits per heavy atom. The van der Waals surface area contributed by atoms with E-state index in [-0.39, 0.29) is 0 Å². The molecule has 3 heterocycles. The lowest BCUT2D eigenvalue weighted by atomic mass is 10.2. The summed E-state index contributed by atoms with van der Waals surface area (Å²) < 4.78 is 2.69. The zero-order valence-corrected chi connectivity index (χ0v) is 13.6. The van der Waals surface area contributed by atoms with Crippen molar-refractivity contribution in [1.29, 1.82) is 0 Å². The average Bonchev–Trinajstić information content (AvgIpc) is 3.23. The molecule has 0 spiro atoms. The van der Waals surface area contributed by atoms with Gasteiger partial charge in [0.1, 0.15) is 0 Å². The molecule has 0 atom stereocenters. The molecule has 0 radical (unpaired) electrons. The third-order valence-corrected chi connectivity index (χ3v) is 6.06. The second kappa shape index (κ2) is 5.60. The van der Waals surface area contributed by atoms with E-state index in [9.17, 15) is 0 Å². The van der Waals surface area contributed by atoms with E-state index in [0.29, 0.717) is 0 Å². The summed E-state index contributed by atoms with van der Waals surface area (Å²) in [6, 6.07) is 17.2. The summed E-state index contributed by atoms with van der Waals surface area (Å²) in [5, 5.41) is 6.94. The van der Waals surface area contributed by atoms with Crippen molar-refractivity contribution in [2.24, 2.45) is 0 Å². The van der Waals surface area contributed by atoms with Gasteiger partial charge < -0.3 is 0 Å². The van der Waals surface area contributed by atoms with Crippen molar-refractivity contribution in [2.45, 2.75) is 0 Å². The summed E-state index contributed by atoms with van der Waals surface area (Å²) in [6.07, 6.45) is 4.59. The standard InChI is InChI=1S/C18H12S3/c1-2-8-16-15(7-1)17(11-13-5-3-9-19-13)21-18(16)12-14-6-4-10-20-14/h1-12H/b17-11+,18-12+. The van der Waals surface area contributed by atoms with Crippen molar-refractivity contribution in [1.82, 2.24) is 0 Å². The number of hydrogen-bond donors (Lipinski definition) is 0. The predicted molar refractivity (Wildman–Crippen MR) is 96.8 cm³/mol. The Hall–Kier alpha value is -1.68. The molecule has 4 rings (SSSR count). The van der Waals surface area contributed by atoms with Crippen LogP contribution in [0.5, 0.6) is 0 Å². The molecule has 0 fully saturated rings. The summed E-state index contributed by atoms with van der Waals surface area (Å²) in [4.78, 5) is 2.62. The van der Waals surface area contributed by atoms with Gasteiger partial charge in [-0.15, -0.1) is 34.0 Å². The lowest BCUT2D eigenvalue weighted by Gasteiger charge is -1.88. The van der Waals surface area contributed by atoms with Crippen LogP contribution >= 0.6 is 34.0 Å². The number of benzene rings is 1. The molecule has 0 aliphatic rings. The minimum atomic E-state index is 1.31. The molecule has 0 aliphatic carbocycles. The van der Waals surface area contributed by atoms with Crippen LogP contribution in [0.15, 0.2) is 59.3 Å². The zero-order chi connectivity index (χ0) is 14.1. The first-order valence-corrected chi connectivity index (χ1v) is 9.26. The molecule has 0 N–H and O–H groups in total. The first-order chi connectivity index (χ1) is 10.4. The van der Waals surface area contributed by atoms with Crippen LogP contribution < -0.4 is 9.06 Å². The maximum absolute atomic E-state index is 2.30. The topological polar surface area (TPSA) is 0 Å². The van der Waals surface area contributed by atoms with E-state index in [2.05, 4.69) is 71.4 Å². The van der Waals surface area contributed by atoms with Gasteiger partial charge in [-0.05, 0) is 35.0 Å². The minimum absolute atomic E-state index is 1.31. The molecule has 0 nitrogen and oxygen atoms in total. The van der Waals surface area contributed by atoms with Gasteiger partial charge in [0.05, 0.1) is 0 Å². The van der Waals surface area contributed by atoms with Crippen molar-refractivity contribution in [3.8, 4) is 0 Å². The fourth-order valence-electron chi connectivity index (χ4n) is 2.36. The van der Waals surface area contributed by atoms with Gasteiger partial charge in [-0.3, -0.25) is 0 Å². The van der Waals surface area contributed by atoms with Gasteiger partial charge in [0.15, 0.2) is 0 Å². The molecule has 21 heavy (non-hydrogen) atoms. The van der Waals surface area contributed by atoms with E-state index in [1.54, 1.807) is 22.7 Å². The molecule has 0 amide bonds.